The number of carboxylic acids is 1. The third-order valence-corrected chi connectivity index (χ3v) is 2.98. The van der Waals surface area contributed by atoms with Crippen molar-refractivity contribution in [2.75, 3.05) is 0 Å². The van der Waals surface area contributed by atoms with E-state index in [1.165, 1.54) is 0 Å². The molecule has 0 radical (unpaired) electrons. The van der Waals surface area contributed by atoms with E-state index in [4.69, 9.17) is 16.0 Å². The van der Waals surface area contributed by atoms with Gasteiger partial charge >= 0.3 is 5.97 Å². The molecule has 0 aliphatic carbocycles. The first-order chi connectivity index (χ1) is 9.06. The van der Waals surface area contributed by atoms with Crippen LogP contribution in [0.2, 0.25) is 5.22 Å². The Hall–Kier alpha value is -2.27. The van der Waals surface area contributed by atoms with Gasteiger partial charge in [-0.1, -0.05) is 6.07 Å². The first-order valence-corrected chi connectivity index (χ1v) is 5.92. The molecule has 0 saturated heterocycles. The number of aromatic carboxylic acids is 1. The summed E-state index contributed by atoms with van der Waals surface area (Å²) in [7, 11) is 0. The van der Waals surface area contributed by atoms with E-state index in [9.17, 15) is 9.90 Å². The summed E-state index contributed by atoms with van der Waals surface area (Å²) in [5.74, 6) is -0.230. The molecule has 0 aliphatic heterocycles. The minimum atomic E-state index is -1.08. The van der Waals surface area contributed by atoms with Crippen LogP contribution in [0.5, 0.6) is 0 Å². The van der Waals surface area contributed by atoms with E-state index in [0.29, 0.717) is 17.1 Å². The standard InChI is InChI=1S/C13H9ClN2O3/c1-7-2-3-8-11(13(17)18)15-12(16(8)6-7)9-4-5-10(14)19-9/h2-6H,1H3,(H,17,18). The molecule has 96 valence electrons. The van der Waals surface area contributed by atoms with E-state index in [2.05, 4.69) is 4.98 Å². The number of pyridine rings is 1. The number of aromatic nitrogens is 2. The topological polar surface area (TPSA) is 67.7 Å². The van der Waals surface area contributed by atoms with Crippen LogP contribution in [0.25, 0.3) is 17.1 Å². The summed E-state index contributed by atoms with van der Waals surface area (Å²) in [4.78, 5) is 15.3. The van der Waals surface area contributed by atoms with Crippen LogP contribution in [0.1, 0.15) is 16.1 Å². The largest absolute Gasteiger partial charge is 0.476 e. The molecule has 0 aromatic carbocycles. The van der Waals surface area contributed by atoms with Gasteiger partial charge in [0.25, 0.3) is 0 Å². The third kappa shape index (κ3) is 1.88. The first-order valence-electron chi connectivity index (χ1n) is 5.54. The molecule has 3 aromatic rings. The van der Waals surface area contributed by atoms with E-state index in [-0.39, 0.29) is 10.9 Å². The van der Waals surface area contributed by atoms with Gasteiger partial charge in [-0.3, -0.25) is 4.40 Å². The Morgan fingerprint density at radius 3 is 2.79 bits per heavy atom. The van der Waals surface area contributed by atoms with Crippen LogP contribution in [-0.4, -0.2) is 20.5 Å². The molecule has 0 unspecified atom stereocenters. The highest BCUT2D eigenvalue weighted by Gasteiger charge is 2.19. The molecule has 3 aromatic heterocycles. The number of carbonyl (C=O) groups is 1. The third-order valence-electron chi connectivity index (χ3n) is 2.78. The zero-order valence-electron chi connectivity index (χ0n) is 9.92. The maximum atomic E-state index is 11.2. The van der Waals surface area contributed by atoms with Crippen LogP contribution in [0, 0.1) is 6.92 Å². The molecular formula is C13H9ClN2O3. The first kappa shape index (κ1) is 11.8. The van der Waals surface area contributed by atoms with Gasteiger partial charge in [0.15, 0.2) is 22.5 Å². The average Bonchev–Trinajstić information content (AvgIpc) is 2.92. The number of furan rings is 1. The second kappa shape index (κ2) is 4.13. The van der Waals surface area contributed by atoms with Gasteiger partial charge in [-0.05, 0) is 42.3 Å². The Morgan fingerprint density at radius 2 is 2.16 bits per heavy atom. The van der Waals surface area contributed by atoms with E-state index < -0.39 is 5.97 Å². The second-order valence-electron chi connectivity index (χ2n) is 4.15. The number of nitrogens with zero attached hydrogens (tertiary/aromatic N) is 2. The Morgan fingerprint density at radius 1 is 1.37 bits per heavy atom. The maximum Gasteiger partial charge on any atom is 0.356 e. The fourth-order valence-electron chi connectivity index (χ4n) is 1.96. The van der Waals surface area contributed by atoms with Crippen molar-refractivity contribution in [1.29, 1.82) is 0 Å². The summed E-state index contributed by atoms with van der Waals surface area (Å²) in [6.07, 6.45) is 1.81. The fraction of sp³-hybridized carbons (Fsp3) is 0.0769. The number of imidazole rings is 1. The molecule has 0 atom stereocenters. The quantitative estimate of drug-likeness (QED) is 0.780. The molecule has 3 rings (SSSR count). The number of fused-ring (bicyclic) bond motifs is 1. The summed E-state index contributed by atoms with van der Waals surface area (Å²) in [6, 6.07) is 6.81. The molecule has 0 amide bonds. The Kier molecular flexibility index (Phi) is 2.57. The summed E-state index contributed by atoms with van der Waals surface area (Å²) in [6.45, 7) is 1.92. The van der Waals surface area contributed by atoms with Gasteiger partial charge in [-0.25, -0.2) is 9.78 Å². The van der Waals surface area contributed by atoms with Gasteiger partial charge in [-0.2, -0.15) is 0 Å². The van der Waals surface area contributed by atoms with Crippen molar-refractivity contribution in [1.82, 2.24) is 9.38 Å². The van der Waals surface area contributed by atoms with Crippen molar-refractivity contribution in [2.45, 2.75) is 6.92 Å². The minimum Gasteiger partial charge on any atom is -0.476 e. The number of halogens is 1. The van der Waals surface area contributed by atoms with Crippen molar-refractivity contribution in [3.63, 3.8) is 0 Å². The molecule has 3 heterocycles. The maximum absolute atomic E-state index is 11.2. The number of aryl methyl sites for hydroxylation is 1. The van der Waals surface area contributed by atoms with Crippen molar-refractivity contribution in [2.24, 2.45) is 0 Å². The second-order valence-corrected chi connectivity index (χ2v) is 4.53. The Bertz CT molecular complexity index is 788. The van der Waals surface area contributed by atoms with Gasteiger partial charge in [0.2, 0.25) is 0 Å². The van der Waals surface area contributed by atoms with Gasteiger partial charge in [-0.15, -0.1) is 0 Å². The Labute approximate surface area is 113 Å². The number of rotatable bonds is 2. The lowest BCUT2D eigenvalue weighted by Crippen LogP contribution is -1.97. The fourth-order valence-corrected chi connectivity index (χ4v) is 2.10. The highest BCUT2D eigenvalue weighted by molar-refractivity contribution is 6.28. The van der Waals surface area contributed by atoms with Crippen LogP contribution >= 0.6 is 11.6 Å². The van der Waals surface area contributed by atoms with E-state index in [1.54, 1.807) is 28.8 Å². The smallest absolute Gasteiger partial charge is 0.356 e. The van der Waals surface area contributed by atoms with Crippen LogP contribution in [0.3, 0.4) is 0 Å². The van der Waals surface area contributed by atoms with Gasteiger partial charge in [0.1, 0.15) is 0 Å². The van der Waals surface area contributed by atoms with Gasteiger partial charge in [0, 0.05) is 6.20 Å². The molecule has 6 heteroatoms. The lowest BCUT2D eigenvalue weighted by Gasteiger charge is -1.99. The van der Waals surface area contributed by atoms with E-state index in [0.717, 1.165) is 5.56 Å². The van der Waals surface area contributed by atoms with Crippen LogP contribution in [-0.2, 0) is 0 Å². The Balaban J connectivity index is 2.35. The highest BCUT2D eigenvalue weighted by Crippen LogP contribution is 2.26. The summed E-state index contributed by atoms with van der Waals surface area (Å²) in [5, 5.41) is 9.42. The van der Waals surface area contributed by atoms with Crippen molar-refractivity contribution in [3.8, 4) is 11.6 Å². The van der Waals surface area contributed by atoms with Crippen LogP contribution in [0.15, 0.2) is 34.9 Å². The lowest BCUT2D eigenvalue weighted by molar-refractivity contribution is 0.0693. The molecule has 19 heavy (non-hydrogen) atoms. The summed E-state index contributed by atoms with van der Waals surface area (Å²) in [5.41, 5.74) is 1.49. The molecular weight excluding hydrogens is 268 g/mol. The van der Waals surface area contributed by atoms with Crippen LogP contribution in [0.4, 0.5) is 0 Å². The molecule has 0 bridgehead atoms. The van der Waals surface area contributed by atoms with Gasteiger partial charge < -0.3 is 9.52 Å². The minimum absolute atomic E-state index is 0.0116. The van der Waals surface area contributed by atoms with Crippen molar-refractivity contribution >= 4 is 23.1 Å². The normalized spacial score (nSPS) is 11.1. The molecule has 0 spiro atoms. The van der Waals surface area contributed by atoms with Crippen molar-refractivity contribution in [3.05, 3.63) is 46.9 Å². The SMILES string of the molecule is Cc1ccc2c(C(=O)O)nc(-c3ccc(Cl)o3)n2c1. The number of hydrogen-bond acceptors (Lipinski definition) is 3. The van der Waals surface area contributed by atoms with E-state index >= 15 is 0 Å². The zero-order chi connectivity index (χ0) is 13.6. The predicted octanol–water partition coefficient (Wildman–Crippen LogP) is 3.25. The summed E-state index contributed by atoms with van der Waals surface area (Å²) < 4.78 is 6.99. The molecule has 0 saturated carbocycles. The monoisotopic (exact) mass is 276 g/mol. The highest BCUT2D eigenvalue weighted by atomic mass is 35.5. The predicted molar refractivity (Wildman–Crippen MR) is 69.6 cm³/mol. The summed E-state index contributed by atoms with van der Waals surface area (Å²) >= 11 is 5.74. The molecule has 5 nitrogen and oxygen atoms in total. The average molecular weight is 277 g/mol. The lowest BCUT2D eigenvalue weighted by atomic mass is 10.2. The molecule has 0 fully saturated rings. The van der Waals surface area contributed by atoms with Crippen LogP contribution < -0.4 is 0 Å². The van der Waals surface area contributed by atoms with Crippen molar-refractivity contribution < 1.29 is 14.3 Å². The molecule has 1 N–H and O–H groups in total. The number of carboxylic acid groups (broad SMARTS) is 1. The zero-order valence-corrected chi connectivity index (χ0v) is 10.7. The number of hydrogen-bond donors (Lipinski definition) is 1. The van der Waals surface area contributed by atoms with E-state index in [1.807, 2.05) is 13.0 Å². The van der Waals surface area contributed by atoms with Gasteiger partial charge in [0.05, 0.1) is 5.52 Å². The molecule has 0 aliphatic rings.